The van der Waals surface area contributed by atoms with Crippen LogP contribution in [0, 0.1) is 11.3 Å². The van der Waals surface area contributed by atoms with Crippen molar-refractivity contribution in [1.29, 1.82) is 5.26 Å². The van der Waals surface area contributed by atoms with Gasteiger partial charge in [0.05, 0.1) is 18.2 Å². The average Bonchev–Trinajstić information content (AvgIpc) is 3.30. The van der Waals surface area contributed by atoms with Gasteiger partial charge in [-0.15, -0.1) is 0 Å². The summed E-state index contributed by atoms with van der Waals surface area (Å²) in [5, 5.41) is 9.38. The second-order valence-electron chi connectivity index (χ2n) is 8.06. The maximum atomic E-state index is 12.2. The molecule has 3 fully saturated rings. The van der Waals surface area contributed by atoms with E-state index >= 15 is 0 Å². The molecule has 0 aromatic carbocycles. The van der Waals surface area contributed by atoms with E-state index in [1.165, 1.54) is 0 Å². The molecule has 7 nitrogen and oxygen atoms in total. The van der Waals surface area contributed by atoms with Crippen molar-refractivity contribution < 1.29 is 19.1 Å². The van der Waals surface area contributed by atoms with Crippen LogP contribution >= 0.6 is 0 Å². The lowest BCUT2D eigenvalue weighted by Gasteiger charge is -2.48. The Kier molecular flexibility index (Phi) is 3.99. The van der Waals surface area contributed by atoms with Crippen LogP contribution in [0.15, 0.2) is 0 Å². The van der Waals surface area contributed by atoms with E-state index in [1.807, 2.05) is 20.8 Å². The first-order valence-corrected chi connectivity index (χ1v) is 8.52. The highest BCUT2D eigenvalue weighted by Crippen LogP contribution is 2.44. The Hall–Kier alpha value is -1.81. The maximum absolute atomic E-state index is 12.2. The number of carbonyl (C=O) groups is 2. The fourth-order valence-electron chi connectivity index (χ4n) is 3.39. The molecule has 0 N–H and O–H groups in total. The molecule has 132 valence electrons. The van der Waals surface area contributed by atoms with Crippen LogP contribution in [-0.2, 0) is 14.3 Å². The third-order valence-corrected chi connectivity index (χ3v) is 5.02. The SMILES string of the molecule is CC(C)(C)OC(=O)N1CCC2(CC1)CN(C1(C#N)CC1)C(=O)CO2. The van der Waals surface area contributed by atoms with E-state index in [4.69, 9.17) is 9.47 Å². The predicted molar refractivity (Wildman–Crippen MR) is 85.0 cm³/mol. The van der Waals surface area contributed by atoms with Crippen LogP contribution in [-0.4, -0.2) is 64.8 Å². The van der Waals surface area contributed by atoms with Crippen molar-refractivity contribution in [2.45, 2.75) is 63.2 Å². The van der Waals surface area contributed by atoms with E-state index in [1.54, 1.807) is 9.80 Å². The quantitative estimate of drug-likeness (QED) is 0.728. The van der Waals surface area contributed by atoms with E-state index < -0.39 is 16.7 Å². The monoisotopic (exact) mass is 335 g/mol. The van der Waals surface area contributed by atoms with Crippen molar-refractivity contribution in [3.8, 4) is 6.07 Å². The minimum Gasteiger partial charge on any atom is -0.444 e. The number of hydrogen-bond donors (Lipinski definition) is 0. The molecule has 0 aromatic rings. The molecule has 24 heavy (non-hydrogen) atoms. The summed E-state index contributed by atoms with van der Waals surface area (Å²) in [7, 11) is 0. The van der Waals surface area contributed by atoms with Gasteiger partial charge < -0.3 is 19.3 Å². The minimum atomic E-state index is -0.615. The molecule has 0 aromatic heterocycles. The van der Waals surface area contributed by atoms with Crippen molar-refractivity contribution in [2.75, 3.05) is 26.2 Å². The molecule has 0 bridgehead atoms. The van der Waals surface area contributed by atoms with Crippen LogP contribution in [0.1, 0.15) is 46.5 Å². The molecule has 1 aliphatic carbocycles. The van der Waals surface area contributed by atoms with E-state index in [2.05, 4.69) is 6.07 Å². The van der Waals surface area contributed by atoms with Gasteiger partial charge in [0, 0.05) is 13.1 Å². The fourth-order valence-corrected chi connectivity index (χ4v) is 3.39. The summed E-state index contributed by atoms with van der Waals surface area (Å²) in [6.45, 7) is 7.09. The summed E-state index contributed by atoms with van der Waals surface area (Å²) >= 11 is 0. The highest BCUT2D eigenvalue weighted by molar-refractivity contribution is 5.80. The number of piperidine rings is 1. The second-order valence-corrected chi connectivity index (χ2v) is 8.06. The maximum Gasteiger partial charge on any atom is 0.410 e. The Morgan fingerprint density at radius 2 is 1.88 bits per heavy atom. The van der Waals surface area contributed by atoms with E-state index in [0.717, 1.165) is 12.8 Å². The minimum absolute atomic E-state index is 0.0237. The summed E-state index contributed by atoms with van der Waals surface area (Å²) in [6, 6.07) is 2.29. The summed E-state index contributed by atoms with van der Waals surface area (Å²) in [4.78, 5) is 27.7. The number of nitrogens with zero attached hydrogens (tertiary/aromatic N) is 3. The summed E-state index contributed by atoms with van der Waals surface area (Å²) in [6.07, 6.45) is 2.48. The molecule has 1 saturated carbocycles. The Balaban J connectivity index is 1.62. The van der Waals surface area contributed by atoms with Gasteiger partial charge >= 0.3 is 6.09 Å². The zero-order valence-electron chi connectivity index (χ0n) is 14.6. The van der Waals surface area contributed by atoms with Gasteiger partial charge in [0.1, 0.15) is 17.7 Å². The first kappa shape index (κ1) is 17.0. The van der Waals surface area contributed by atoms with E-state index in [-0.39, 0.29) is 18.6 Å². The molecule has 0 atom stereocenters. The van der Waals surface area contributed by atoms with Crippen LogP contribution in [0.3, 0.4) is 0 Å². The zero-order valence-corrected chi connectivity index (χ0v) is 14.6. The van der Waals surface area contributed by atoms with Crippen LogP contribution in [0.2, 0.25) is 0 Å². The molecule has 3 aliphatic rings. The summed E-state index contributed by atoms with van der Waals surface area (Å²) in [5.41, 5.74) is -1.57. The number of hydrogen-bond acceptors (Lipinski definition) is 5. The molecule has 7 heteroatoms. The Bertz CT molecular complexity index is 578. The van der Waals surface area contributed by atoms with Gasteiger partial charge in [0.2, 0.25) is 5.91 Å². The third-order valence-electron chi connectivity index (χ3n) is 5.02. The first-order chi connectivity index (χ1) is 11.2. The lowest BCUT2D eigenvalue weighted by molar-refractivity contribution is -0.174. The standard InChI is InChI=1S/C17H25N3O4/c1-15(2,3)24-14(22)19-8-6-17(7-9-19)12-20(13(21)10-23-17)16(11-18)4-5-16/h4-10,12H2,1-3H3. The van der Waals surface area contributed by atoms with Gasteiger partial charge in [-0.3, -0.25) is 4.79 Å². The normalized spacial score (nSPS) is 25.3. The van der Waals surface area contributed by atoms with Crippen molar-refractivity contribution in [2.24, 2.45) is 0 Å². The number of amides is 2. The largest absolute Gasteiger partial charge is 0.444 e. The zero-order chi connectivity index (χ0) is 17.6. The molecule has 1 spiro atoms. The lowest BCUT2D eigenvalue weighted by atomic mass is 9.88. The molecule has 2 amide bonds. The smallest absolute Gasteiger partial charge is 0.410 e. The van der Waals surface area contributed by atoms with Gasteiger partial charge in [-0.25, -0.2) is 4.79 Å². The van der Waals surface area contributed by atoms with Crippen molar-refractivity contribution in [3.63, 3.8) is 0 Å². The molecular formula is C17H25N3O4. The number of ether oxygens (including phenoxy) is 2. The molecule has 3 rings (SSSR count). The van der Waals surface area contributed by atoms with Gasteiger partial charge in [-0.1, -0.05) is 0 Å². The van der Waals surface area contributed by atoms with Crippen molar-refractivity contribution in [3.05, 3.63) is 0 Å². The highest BCUT2D eigenvalue weighted by atomic mass is 16.6. The Labute approximate surface area is 142 Å². The van der Waals surface area contributed by atoms with Crippen LogP contribution in [0.25, 0.3) is 0 Å². The number of morpholine rings is 1. The Morgan fingerprint density at radius 3 is 2.38 bits per heavy atom. The van der Waals surface area contributed by atoms with Crippen LogP contribution in [0.5, 0.6) is 0 Å². The van der Waals surface area contributed by atoms with Gasteiger partial charge in [-0.05, 0) is 46.5 Å². The number of rotatable bonds is 1. The number of carbonyl (C=O) groups excluding carboxylic acids is 2. The van der Waals surface area contributed by atoms with E-state index in [9.17, 15) is 14.9 Å². The third kappa shape index (κ3) is 3.20. The molecular weight excluding hydrogens is 310 g/mol. The van der Waals surface area contributed by atoms with Crippen LogP contribution in [0.4, 0.5) is 4.79 Å². The summed E-state index contributed by atoms with van der Waals surface area (Å²) in [5.74, 6) is -0.103. The molecule has 0 radical (unpaired) electrons. The Morgan fingerprint density at radius 1 is 1.25 bits per heavy atom. The number of likely N-dealkylation sites (tertiary alicyclic amines) is 1. The topological polar surface area (TPSA) is 82.9 Å². The lowest BCUT2D eigenvalue weighted by Crippen LogP contribution is -2.61. The second kappa shape index (κ2) is 5.62. The van der Waals surface area contributed by atoms with E-state index in [0.29, 0.717) is 32.5 Å². The molecule has 0 unspecified atom stereocenters. The average molecular weight is 335 g/mol. The molecule has 2 aliphatic heterocycles. The van der Waals surface area contributed by atoms with Gasteiger partial charge in [0.15, 0.2) is 0 Å². The van der Waals surface area contributed by atoms with Gasteiger partial charge in [0.25, 0.3) is 0 Å². The van der Waals surface area contributed by atoms with Gasteiger partial charge in [-0.2, -0.15) is 5.26 Å². The molecule has 2 heterocycles. The summed E-state index contributed by atoms with van der Waals surface area (Å²) < 4.78 is 11.3. The highest BCUT2D eigenvalue weighted by Gasteiger charge is 2.55. The van der Waals surface area contributed by atoms with Crippen LogP contribution < -0.4 is 0 Å². The van der Waals surface area contributed by atoms with Crippen molar-refractivity contribution in [1.82, 2.24) is 9.80 Å². The molecule has 2 saturated heterocycles. The first-order valence-electron chi connectivity index (χ1n) is 8.52. The van der Waals surface area contributed by atoms with Crippen molar-refractivity contribution >= 4 is 12.0 Å². The number of nitriles is 1. The fraction of sp³-hybridized carbons (Fsp3) is 0.824. The predicted octanol–water partition coefficient (Wildman–Crippen LogP) is 1.67.